The molecule has 1 aromatic heterocycles. The van der Waals surface area contributed by atoms with Crippen LogP contribution in [-0.2, 0) is 19.4 Å². The lowest BCUT2D eigenvalue weighted by molar-refractivity contribution is 0.214. The van der Waals surface area contributed by atoms with Crippen LogP contribution in [-0.4, -0.2) is 16.8 Å². The van der Waals surface area contributed by atoms with Crippen molar-refractivity contribution < 1.29 is 4.74 Å². The Morgan fingerprint density at radius 3 is 2.47 bits per heavy atom. The summed E-state index contributed by atoms with van der Waals surface area (Å²) in [6.45, 7) is 5.44. The SMILES string of the molecule is CCc1nnc(OCCC2CCC2)c(CN)c1CC. The van der Waals surface area contributed by atoms with Crippen LogP contribution in [0.4, 0.5) is 0 Å². The average molecular weight is 263 g/mol. The van der Waals surface area contributed by atoms with Crippen LogP contribution in [0, 0.1) is 5.92 Å². The zero-order chi connectivity index (χ0) is 13.7. The first-order valence-electron chi connectivity index (χ1n) is 7.50. The molecule has 1 saturated carbocycles. The Morgan fingerprint density at radius 2 is 1.95 bits per heavy atom. The monoisotopic (exact) mass is 263 g/mol. The molecule has 1 aliphatic carbocycles. The molecule has 19 heavy (non-hydrogen) atoms. The van der Waals surface area contributed by atoms with Gasteiger partial charge in [0.05, 0.1) is 12.3 Å². The highest BCUT2D eigenvalue weighted by Crippen LogP contribution is 2.29. The van der Waals surface area contributed by atoms with Crippen molar-refractivity contribution in [3.8, 4) is 5.88 Å². The first kappa shape index (κ1) is 14.3. The maximum absolute atomic E-state index is 5.87. The number of aryl methyl sites for hydroxylation is 1. The highest BCUT2D eigenvalue weighted by molar-refractivity contribution is 5.36. The minimum absolute atomic E-state index is 0.477. The van der Waals surface area contributed by atoms with Crippen LogP contribution in [0.2, 0.25) is 0 Å². The average Bonchev–Trinajstić information content (AvgIpc) is 2.40. The van der Waals surface area contributed by atoms with Gasteiger partial charge in [-0.15, -0.1) is 5.10 Å². The van der Waals surface area contributed by atoms with E-state index in [1.165, 1.54) is 24.8 Å². The topological polar surface area (TPSA) is 61.0 Å². The summed E-state index contributed by atoms with van der Waals surface area (Å²) in [5.41, 5.74) is 9.19. The molecule has 106 valence electrons. The first-order chi connectivity index (χ1) is 9.30. The van der Waals surface area contributed by atoms with Gasteiger partial charge in [-0.3, -0.25) is 0 Å². The number of rotatable bonds is 7. The van der Waals surface area contributed by atoms with Gasteiger partial charge in [-0.1, -0.05) is 33.1 Å². The molecule has 0 bridgehead atoms. The summed E-state index contributed by atoms with van der Waals surface area (Å²) in [5, 5.41) is 8.50. The van der Waals surface area contributed by atoms with Crippen LogP contribution in [0.3, 0.4) is 0 Å². The largest absolute Gasteiger partial charge is 0.476 e. The van der Waals surface area contributed by atoms with Crippen molar-refractivity contribution in [3.05, 3.63) is 16.8 Å². The van der Waals surface area contributed by atoms with Gasteiger partial charge in [0.2, 0.25) is 5.88 Å². The smallest absolute Gasteiger partial charge is 0.238 e. The minimum Gasteiger partial charge on any atom is -0.476 e. The second-order valence-corrected chi connectivity index (χ2v) is 5.25. The molecule has 1 fully saturated rings. The van der Waals surface area contributed by atoms with Crippen LogP contribution in [0.15, 0.2) is 0 Å². The zero-order valence-electron chi connectivity index (χ0n) is 12.1. The van der Waals surface area contributed by atoms with Crippen molar-refractivity contribution >= 4 is 0 Å². The van der Waals surface area contributed by atoms with E-state index >= 15 is 0 Å². The summed E-state index contributed by atoms with van der Waals surface area (Å²) in [7, 11) is 0. The summed E-state index contributed by atoms with van der Waals surface area (Å²) in [6.07, 6.45) is 7.05. The second-order valence-electron chi connectivity index (χ2n) is 5.25. The number of hydrogen-bond acceptors (Lipinski definition) is 4. The fraction of sp³-hybridized carbons (Fsp3) is 0.733. The fourth-order valence-electron chi connectivity index (χ4n) is 2.66. The predicted octanol–water partition coefficient (Wildman–Crippen LogP) is 2.63. The van der Waals surface area contributed by atoms with Crippen molar-refractivity contribution in [2.45, 2.75) is 58.9 Å². The van der Waals surface area contributed by atoms with Gasteiger partial charge in [0.15, 0.2) is 0 Å². The third-order valence-corrected chi connectivity index (χ3v) is 4.11. The van der Waals surface area contributed by atoms with Gasteiger partial charge >= 0.3 is 0 Å². The van der Waals surface area contributed by atoms with Gasteiger partial charge in [-0.05, 0) is 30.7 Å². The Hall–Kier alpha value is -1.16. The molecule has 0 atom stereocenters. The van der Waals surface area contributed by atoms with E-state index in [0.717, 1.165) is 43.0 Å². The Labute approximate surface area is 115 Å². The van der Waals surface area contributed by atoms with E-state index in [2.05, 4.69) is 24.0 Å². The Morgan fingerprint density at radius 1 is 1.16 bits per heavy atom. The van der Waals surface area contributed by atoms with Crippen LogP contribution in [0.1, 0.15) is 56.4 Å². The summed E-state index contributed by atoms with van der Waals surface area (Å²) in [4.78, 5) is 0. The predicted molar refractivity (Wildman–Crippen MR) is 76.1 cm³/mol. The lowest BCUT2D eigenvalue weighted by Gasteiger charge is -2.25. The van der Waals surface area contributed by atoms with Crippen LogP contribution in [0.5, 0.6) is 5.88 Å². The van der Waals surface area contributed by atoms with E-state index in [0.29, 0.717) is 12.4 Å². The molecule has 0 radical (unpaired) electrons. The summed E-state index contributed by atoms with van der Waals surface area (Å²) < 4.78 is 5.82. The van der Waals surface area contributed by atoms with E-state index in [-0.39, 0.29) is 0 Å². The minimum atomic E-state index is 0.477. The quantitative estimate of drug-likeness (QED) is 0.821. The molecule has 4 heteroatoms. The van der Waals surface area contributed by atoms with Gasteiger partial charge < -0.3 is 10.5 Å². The molecule has 1 aromatic rings. The molecule has 2 N–H and O–H groups in total. The zero-order valence-corrected chi connectivity index (χ0v) is 12.1. The van der Waals surface area contributed by atoms with E-state index in [1.54, 1.807) is 0 Å². The van der Waals surface area contributed by atoms with E-state index in [9.17, 15) is 0 Å². The molecule has 1 heterocycles. The molecule has 1 aliphatic rings. The summed E-state index contributed by atoms with van der Waals surface area (Å²) in [5.74, 6) is 1.51. The molecule has 4 nitrogen and oxygen atoms in total. The van der Waals surface area contributed by atoms with Crippen molar-refractivity contribution in [1.82, 2.24) is 10.2 Å². The first-order valence-corrected chi connectivity index (χ1v) is 7.50. The van der Waals surface area contributed by atoms with Crippen LogP contribution in [0.25, 0.3) is 0 Å². The Kier molecular flexibility index (Phi) is 5.14. The van der Waals surface area contributed by atoms with Crippen LogP contribution >= 0.6 is 0 Å². The molecular formula is C15H25N3O. The Balaban J connectivity index is 2.05. The van der Waals surface area contributed by atoms with E-state index in [1.807, 2.05) is 0 Å². The summed E-state index contributed by atoms with van der Waals surface area (Å²) in [6, 6.07) is 0. The van der Waals surface area contributed by atoms with Crippen molar-refractivity contribution in [1.29, 1.82) is 0 Å². The second kappa shape index (κ2) is 6.85. The molecule has 0 unspecified atom stereocenters. The normalized spacial score (nSPS) is 15.3. The summed E-state index contributed by atoms with van der Waals surface area (Å²) >= 11 is 0. The fourth-order valence-corrected chi connectivity index (χ4v) is 2.66. The molecule has 0 amide bonds. The Bertz CT molecular complexity index is 416. The third kappa shape index (κ3) is 3.24. The lowest BCUT2D eigenvalue weighted by Crippen LogP contribution is -2.17. The molecule has 2 rings (SSSR count). The van der Waals surface area contributed by atoms with Gasteiger partial charge in [0.1, 0.15) is 0 Å². The highest BCUT2D eigenvalue weighted by Gasteiger charge is 2.18. The number of nitrogens with two attached hydrogens (primary N) is 1. The third-order valence-electron chi connectivity index (χ3n) is 4.11. The van der Waals surface area contributed by atoms with Gasteiger partial charge in [0.25, 0.3) is 0 Å². The van der Waals surface area contributed by atoms with E-state index in [4.69, 9.17) is 10.5 Å². The molecule has 0 aromatic carbocycles. The molecule has 0 spiro atoms. The molecular weight excluding hydrogens is 238 g/mol. The van der Waals surface area contributed by atoms with Gasteiger partial charge in [0, 0.05) is 12.1 Å². The van der Waals surface area contributed by atoms with Crippen molar-refractivity contribution in [2.75, 3.05) is 6.61 Å². The van der Waals surface area contributed by atoms with Crippen LogP contribution < -0.4 is 10.5 Å². The standard InChI is InChI=1S/C15H25N3O/c1-3-12-13(10-16)15(18-17-14(12)4-2)19-9-8-11-6-5-7-11/h11H,3-10,16H2,1-2H3. The number of ether oxygens (including phenoxy) is 1. The highest BCUT2D eigenvalue weighted by atomic mass is 16.5. The molecule has 0 saturated heterocycles. The van der Waals surface area contributed by atoms with Crippen molar-refractivity contribution in [2.24, 2.45) is 11.7 Å². The van der Waals surface area contributed by atoms with Gasteiger partial charge in [-0.2, -0.15) is 5.10 Å². The van der Waals surface area contributed by atoms with E-state index < -0.39 is 0 Å². The number of aromatic nitrogens is 2. The van der Waals surface area contributed by atoms with Crippen molar-refractivity contribution in [3.63, 3.8) is 0 Å². The lowest BCUT2D eigenvalue weighted by atomic mass is 9.83. The maximum Gasteiger partial charge on any atom is 0.238 e. The van der Waals surface area contributed by atoms with Gasteiger partial charge in [-0.25, -0.2) is 0 Å². The number of nitrogens with zero attached hydrogens (tertiary/aromatic N) is 2. The molecule has 0 aliphatic heterocycles. The maximum atomic E-state index is 5.87. The number of hydrogen-bond donors (Lipinski definition) is 1.